The molecule has 0 fully saturated rings. The number of hydrogen-bond acceptors (Lipinski definition) is 3. The maximum absolute atomic E-state index is 12.0. The molecule has 1 rings (SSSR count). The van der Waals surface area contributed by atoms with Gasteiger partial charge >= 0.3 is 0 Å². The highest BCUT2D eigenvalue weighted by Gasteiger charge is 2.14. The second kappa shape index (κ2) is 8.47. The van der Waals surface area contributed by atoms with Gasteiger partial charge in [-0.25, -0.2) is 0 Å². The SMILES string of the molecule is CC(C)C(N)CCN(C)C(=O)COc1ccc(Cl)cc1Cl. The predicted octanol–water partition coefficient (Wildman–Crippen LogP) is 3.20. The monoisotopic (exact) mass is 332 g/mol. The van der Waals surface area contributed by atoms with Gasteiger partial charge in [0.1, 0.15) is 5.75 Å². The lowest BCUT2D eigenvalue weighted by Crippen LogP contribution is -2.36. The van der Waals surface area contributed by atoms with Crippen molar-refractivity contribution in [1.29, 1.82) is 0 Å². The molecule has 0 saturated heterocycles. The van der Waals surface area contributed by atoms with Crippen molar-refractivity contribution in [2.75, 3.05) is 20.2 Å². The van der Waals surface area contributed by atoms with Crippen molar-refractivity contribution in [2.45, 2.75) is 26.3 Å². The molecule has 0 heterocycles. The molecular weight excluding hydrogens is 311 g/mol. The van der Waals surface area contributed by atoms with Gasteiger partial charge in [0, 0.05) is 24.7 Å². The van der Waals surface area contributed by atoms with Gasteiger partial charge in [-0.2, -0.15) is 0 Å². The van der Waals surface area contributed by atoms with Crippen molar-refractivity contribution in [3.05, 3.63) is 28.2 Å². The Balaban J connectivity index is 2.42. The zero-order chi connectivity index (χ0) is 16.0. The van der Waals surface area contributed by atoms with Gasteiger partial charge in [0.15, 0.2) is 6.61 Å². The van der Waals surface area contributed by atoms with Crippen LogP contribution in [0, 0.1) is 5.92 Å². The summed E-state index contributed by atoms with van der Waals surface area (Å²) in [5, 5.41) is 0.915. The molecule has 0 spiro atoms. The van der Waals surface area contributed by atoms with E-state index in [0.29, 0.717) is 28.3 Å². The standard InChI is InChI=1S/C15H22Cl2N2O2/c1-10(2)13(18)6-7-19(3)15(20)9-21-14-5-4-11(16)8-12(14)17/h4-5,8,10,13H,6-7,9,18H2,1-3H3. The van der Waals surface area contributed by atoms with E-state index < -0.39 is 0 Å². The van der Waals surface area contributed by atoms with E-state index >= 15 is 0 Å². The number of nitrogens with zero attached hydrogens (tertiary/aromatic N) is 1. The van der Waals surface area contributed by atoms with E-state index in [1.54, 1.807) is 30.1 Å². The number of amides is 1. The van der Waals surface area contributed by atoms with Crippen LogP contribution in [0.25, 0.3) is 0 Å². The van der Waals surface area contributed by atoms with Gasteiger partial charge in [0.2, 0.25) is 0 Å². The highest BCUT2D eigenvalue weighted by atomic mass is 35.5. The highest BCUT2D eigenvalue weighted by molar-refractivity contribution is 6.35. The van der Waals surface area contributed by atoms with Gasteiger partial charge in [-0.15, -0.1) is 0 Å². The molecule has 0 aromatic heterocycles. The largest absolute Gasteiger partial charge is 0.482 e. The van der Waals surface area contributed by atoms with Crippen LogP contribution in [-0.4, -0.2) is 37.0 Å². The van der Waals surface area contributed by atoms with Gasteiger partial charge in [-0.1, -0.05) is 37.0 Å². The smallest absolute Gasteiger partial charge is 0.260 e. The number of nitrogens with two attached hydrogens (primary N) is 1. The van der Waals surface area contributed by atoms with Gasteiger partial charge in [-0.05, 0) is 30.5 Å². The molecule has 1 unspecified atom stereocenters. The summed E-state index contributed by atoms with van der Waals surface area (Å²) in [7, 11) is 1.74. The van der Waals surface area contributed by atoms with Crippen LogP contribution in [0.15, 0.2) is 18.2 Å². The van der Waals surface area contributed by atoms with E-state index in [2.05, 4.69) is 13.8 Å². The molecule has 0 aliphatic carbocycles. The predicted molar refractivity (Wildman–Crippen MR) is 87.0 cm³/mol. The third kappa shape index (κ3) is 6.12. The van der Waals surface area contributed by atoms with Crippen molar-refractivity contribution in [3.63, 3.8) is 0 Å². The first-order chi connectivity index (χ1) is 9.81. The second-order valence-electron chi connectivity index (χ2n) is 5.38. The van der Waals surface area contributed by atoms with Crippen LogP contribution in [0.5, 0.6) is 5.75 Å². The van der Waals surface area contributed by atoms with Crippen molar-refractivity contribution >= 4 is 29.1 Å². The Hall–Kier alpha value is -0.970. The average Bonchev–Trinajstić information content (AvgIpc) is 2.42. The van der Waals surface area contributed by atoms with Gasteiger partial charge in [0.05, 0.1) is 5.02 Å². The van der Waals surface area contributed by atoms with Crippen LogP contribution < -0.4 is 10.5 Å². The normalized spacial score (nSPS) is 12.3. The molecule has 1 aromatic carbocycles. The summed E-state index contributed by atoms with van der Waals surface area (Å²) in [5.74, 6) is 0.733. The van der Waals surface area contributed by atoms with Crippen LogP contribution in [0.3, 0.4) is 0 Å². The Kier molecular flexibility index (Phi) is 7.29. The summed E-state index contributed by atoms with van der Waals surface area (Å²) in [5.41, 5.74) is 5.96. The summed E-state index contributed by atoms with van der Waals surface area (Å²) in [6.45, 7) is 4.68. The molecule has 4 nitrogen and oxygen atoms in total. The van der Waals surface area contributed by atoms with Crippen molar-refractivity contribution in [3.8, 4) is 5.75 Å². The number of benzene rings is 1. The number of halogens is 2. The fraction of sp³-hybridized carbons (Fsp3) is 0.533. The lowest BCUT2D eigenvalue weighted by Gasteiger charge is -2.21. The van der Waals surface area contributed by atoms with Gasteiger partial charge < -0.3 is 15.4 Å². The molecule has 1 aromatic rings. The number of likely N-dealkylation sites (N-methyl/N-ethyl adjacent to an activating group) is 1. The van der Waals surface area contributed by atoms with Crippen molar-refractivity contribution < 1.29 is 9.53 Å². The van der Waals surface area contributed by atoms with Crippen LogP contribution in [-0.2, 0) is 4.79 Å². The number of carbonyl (C=O) groups excluding carboxylic acids is 1. The second-order valence-corrected chi connectivity index (χ2v) is 6.22. The zero-order valence-corrected chi connectivity index (χ0v) is 14.1. The number of hydrogen-bond donors (Lipinski definition) is 1. The average molecular weight is 333 g/mol. The van der Waals surface area contributed by atoms with Gasteiger partial charge in [-0.3, -0.25) is 4.79 Å². The quantitative estimate of drug-likeness (QED) is 0.834. The molecule has 0 radical (unpaired) electrons. The summed E-state index contributed by atoms with van der Waals surface area (Å²) in [6, 6.07) is 4.98. The number of ether oxygens (including phenoxy) is 1. The summed E-state index contributed by atoms with van der Waals surface area (Å²) < 4.78 is 5.42. The van der Waals surface area contributed by atoms with Crippen molar-refractivity contribution in [2.24, 2.45) is 11.7 Å². The Morgan fingerprint density at radius 3 is 2.62 bits per heavy atom. The molecule has 118 valence electrons. The Morgan fingerprint density at radius 2 is 2.05 bits per heavy atom. The molecule has 6 heteroatoms. The van der Waals surface area contributed by atoms with E-state index in [4.69, 9.17) is 33.7 Å². The van der Waals surface area contributed by atoms with Crippen LogP contribution in [0.2, 0.25) is 10.0 Å². The Labute approximate surface area is 136 Å². The lowest BCUT2D eigenvalue weighted by molar-refractivity contribution is -0.132. The molecule has 1 amide bonds. The first-order valence-electron chi connectivity index (χ1n) is 6.88. The summed E-state index contributed by atoms with van der Waals surface area (Å²) in [6.07, 6.45) is 0.765. The minimum Gasteiger partial charge on any atom is -0.482 e. The molecule has 0 aliphatic rings. The van der Waals surface area contributed by atoms with E-state index in [9.17, 15) is 4.79 Å². The number of carbonyl (C=O) groups is 1. The Bertz CT molecular complexity index is 481. The maximum atomic E-state index is 12.0. The minimum absolute atomic E-state index is 0.0607. The molecular formula is C15H22Cl2N2O2. The first-order valence-corrected chi connectivity index (χ1v) is 7.64. The summed E-state index contributed by atoms with van der Waals surface area (Å²) in [4.78, 5) is 13.6. The van der Waals surface area contributed by atoms with Crippen LogP contribution in [0.1, 0.15) is 20.3 Å². The topological polar surface area (TPSA) is 55.6 Å². The van der Waals surface area contributed by atoms with Crippen LogP contribution in [0.4, 0.5) is 0 Å². The highest BCUT2D eigenvalue weighted by Crippen LogP contribution is 2.27. The van der Waals surface area contributed by atoms with Crippen LogP contribution >= 0.6 is 23.2 Å². The van der Waals surface area contributed by atoms with Crippen molar-refractivity contribution in [1.82, 2.24) is 4.90 Å². The third-order valence-corrected chi connectivity index (χ3v) is 3.86. The fourth-order valence-electron chi connectivity index (χ4n) is 1.64. The van der Waals surface area contributed by atoms with E-state index in [1.807, 2.05) is 0 Å². The summed E-state index contributed by atoms with van der Waals surface area (Å²) >= 11 is 11.8. The number of rotatable bonds is 7. The van der Waals surface area contributed by atoms with Gasteiger partial charge in [0.25, 0.3) is 5.91 Å². The fourth-order valence-corrected chi connectivity index (χ4v) is 2.11. The molecule has 21 heavy (non-hydrogen) atoms. The third-order valence-electron chi connectivity index (χ3n) is 3.32. The molecule has 2 N–H and O–H groups in total. The van der Waals surface area contributed by atoms with E-state index in [1.165, 1.54) is 0 Å². The zero-order valence-electron chi connectivity index (χ0n) is 12.6. The van der Waals surface area contributed by atoms with E-state index in [-0.39, 0.29) is 18.6 Å². The molecule has 0 aliphatic heterocycles. The van der Waals surface area contributed by atoms with E-state index in [0.717, 1.165) is 6.42 Å². The molecule has 1 atom stereocenters. The lowest BCUT2D eigenvalue weighted by atomic mass is 10.0. The minimum atomic E-state index is -0.114. The maximum Gasteiger partial charge on any atom is 0.260 e. The molecule has 0 saturated carbocycles. The Morgan fingerprint density at radius 1 is 1.38 bits per heavy atom. The molecule has 0 bridgehead atoms. The first kappa shape index (κ1) is 18.1.